The monoisotopic (exact) mass is 244 g/mol. The van der Waals surface area contributed by atoms with Gasteiger partial charge in [-0.3, -0.25) is 4.98 Å². The van der Waals surface area contributed by atoms with Crippen LogP contribution < -0.4 is 16.4 Å². The highest BCUT2D eigenvalue weighted by atomic mass is 15.1. The fourth-order valence-electron chi connectivity index (χ4n) is 1.51. The summed E-state index contributed by atoms with van der Waals surface area (Å²) in [5.74, 6) is 1.65. The molecule has 6 nitrogen and oxygen atoms in total. The van der Waals surface area contributed by atoms with Crippen molar-refractivity contribution in [1.29, 1.82) is 0 Å². The van der Waals surface area contributed by atoms with Crippen molar-refractivity contribution in [2.45, 2.75) is 13.5 Å². The number of hydrogen-bond donors (Lipinski definition) is 3. The second-order valence-electron chi connectivity index (χ2n) is 3.70. The predicted molar refractivity (Wildman–Crippen MR) is 72.2 cm³/mol. The quantitative estimate of drug-likeness (QED) is 0.738. The maximum absolute atomic E-state index is 5.64. The number of pyridine rings is 1. The van der Waals surface area contributed by atoms with E-state index in [1.165, 1.54) is 0 Å². The van der Waals surface area contributed by atoms with Gasteiger partial charge in [-0.15, -0.1) is 0 Å². The van der Waals surface area contributed by atoms with Gasteiger partial charge in [-0.1, -0.05) is 6.07 Å². The summed E-state index contributed by atoms with van der Waals surface area (Å²) in [4.78, 5) is 12.4. The number of rotatable bonds is 5. The zero-order valence-corrected chi connectivity index (χ0v) is 10.2. The Kier molecular flexibility index (Phi) is 3.90. The SMILES string of the molecule is CCNc1cc(NCc2ccccn2)nc(N)n1. The third kappa shape index (κ3) is 3.31. The minimum absolute atomic E-state index is 0.247. The molecule has 0 atom stereocenters. The first-order chi connectivity index (χ1) is 8.78. The molecular formula is C12H16N6. The summed E-state index contributed by atoms with van der Waals surface area (Å²) in [7, 11) is 0. The number of aromatic nitrogens is 3. The molecule has 0 aliphatic rings. The van der Waals surface area contributed by atoms with Crippen LogP contribution in [0.4, 0.5) is 17.6 Å². The van der Waals surface area contributed by atoms with Gasteiger partial charge < -0.3 is 16.4 Å². The summed E-state index contributed by atoms with van der Waals surface area (Å²) in [6.45, 7) is 3.39. The topological polar surface area (TPSA) is 88.8 Å². The second-order valence-corrected chi connectivity index (χ2v) is 3.70. The lowest BCUT2D eigenvalue weighted by molar-refractivity contribution is 1.02. The summed E-state index contributed by atoms with van der Waals surface area (Å²) in [6.07, 6.45) is 1.76. The van der Waals surface area contributed by atoms with Crippen LogP contribution in [0.25, 0.3) is 0 Å². The standard InChI is InChI=1S/C12H16N6/c1-2-14-10-7-11(18-12(13)17-10)16-8-9-5-3-4-6-15-9/h3-7H,2,8H2,1H3,(H4,13,14,16,17,18). The van der Waals surface area contributed by atoms with Crippen LogP contribution in [0.1, 0.15) is 12.6 Å². The van der Waals surface area contributed by atoms with Gasteiger partial charge >= 0.3 is 0 Å². The van der Waals surface area contributed by atoms with Crippen molar-refractivity contribution < 1.29 is 0 Å². The summed E-state index contributed by atoms with van der Waals surface area (Å²) < 4.78 is 0. The van der Waals surface area contributed by atoms with Gasteiger partial charge in [-0.2, -0.15) is 9.97 Å². The molecule has 0 aliphatic heterocycles. The Labute approximate surface area is 106 Å². The Bertz CT molecular complexity index is 499. The molecular weight excluding hydrogens is 228 g/mol. The van der Waals surface area contributed by atoms with E-state index in [0.717, 1.165) is 12.2 Å². The molecule has 0 bridgehead atoms. The molecule has 0 amide bonds. The largest absolute Gasteiger partial charge is 0.370 e. The average molecular weight is 244 g/mol. The highest BCUT2D eigenvalue weighted by Crippen LogP contribution is 2.12. The molecule has 0 spiro atoms. The van der Waals surface area contributed by atoms with Crippen LogP contribution in [-0.2, 0) is 6.54 Å². The summed E-state index contributed by atoms with van der Waals surface area (Å²) in [5.41, 5.74) is 6.58. The first kappa shape index (κ1) is 12.1. The lowest BCUT2D eigenvalue weighted by Crippen LogP contribution is -2.08. The van der Waals surface area contributed by atoms with Crippen LogP contribution in [0.5, 0.6) is 0 Å². The van der Waals surface area contributed by atoms with Crippen molar-refractivity contribution in [1.82, 2.24) is 15.0 Å². The molecule has 0 aromatic carbocycles. The molecule has 18 heavy (non-hydrogen) atoms. The molecule has 2 aromatic heterocycles. The van der Waals surface area contributed by atoms with E-state index in [9.17, 15) is 0 Å². The Morgan fingerprint density at radius 3 is 2.61 bits per heavy atom. The molecule has 6 heteroatoms. The minimum atomic E-state index is 0.247. The molecule has 0 saturated heterocycles. The zero-order chi connectivity index (χ0) is 12.8. The van der Waals surface area contributed by atoms with Crippen LogP contribution in [0, 0.1) is 0 Å². The van der Waals surface area contributed by atoms with Gasteiger partial charge in [0.1, 0.15) is 11.6 Å². The number of anilines is 3. The molecule has 2 rings (SSSR count). The summed E-state index contributed by atoms with van der Waals surface area (Å²) in [6, 6.07) is 7.60. The zero-order valence-electron chi connectivity index (χ0n) is 10.2. The Morgan fingerprint density at radius 2 is 1.94 bits per heavy atom. The van der Waals surface area contributed by atoms with Gasteiger partial charge in [0.25, 0.3) is 0 Å². The lowest BCUT2D eigenvalue weighted by Gasteiger charge is -2.08. The molecule has 4 N–H and O–H groups in total. The van der Waals surface area contributed by atoms with Gasteiger partial charge in [0, 0.05) is 18.8 Å². The highest BCUT2D eigenvalue weighted by Gasteiger charge is 2.01. The van der Waals surface area contributed by atoms with E-state index in [-0.39, 0.29) is 5.95 Å². The Balaban J connectivity index is 2.05. The molecule has 2 heterocycles. The summed E-state index contributed by atoms with van der Waals surface area (Å²) >= 11 is 0. The van der Waals surface area contributed by atoms with Gasteiger partial charge in [0.15, 0.2) is 0 Å². The Morgan fingerprint density at radius 1 is 1.17 bits per heavy atom. The first-order valence-corrected chi connectivity index (χ1v) is 5.80. The van der Waals surface area contributed by atoms with Crippen molar-refractivity contribution in [3.63, 3.8) is 0 Å². The van der Waals surface area contributed by atoms with E-state index in [1.54, 1.807) is 6.20 Å². The van der Waals surface area contributed by atoms with Crippen molar-refractivity contribution in [2.24, 2.45) is 0 Å². The van der Waals surface area contributed by atoms with Gasteiger partial charge in [-0.05, 0) is 19.1 Å². The molecule has 0 saturated carbocycles. The van der Waals surface area contributed by atoms with E-state index < -0.39 is 0 Å². The maximum Gasteiger partial charge on any atom is 0.223 e. The molecule has 0 unspecified atom stereocenters. The minimum Gasteiger partial charge on any atom is -0.370 e. The number of nitrogen functional groups attached to an aromatic ring is 1. The van der Waals surface area contributed by atoms with Gasteiger partial charge in [-0.25, -0.2) is 0 Å². The van der Waals surface area contributed by atoms with Crippen molar-refractivity contribution in [2.75, 3.05) is 22.9 Å². The molecule has 2 aromatic rings. The van der Waals surface area contributed by atoms with E-state index in [0.29, 0.717) is 18.2 Å². The van der Waals surface area contributed by atoms with Crippen molar-refractivity contribution in [3.05, 3.63) is 36.2 Å². The van der Waals surface area contributed by atoms with Crippen LogP contribution in [0.15, 0.2) is 30.5 Å². The van der Waals surface area contributed by atoms with Crippen LogP contribution in [0.3, 0.4) is 0 Å². The van der Waals surface area contributed by atoms with Crippen LogP contribution >= 0.6 is 0 Å². The highest BCUT2D eigenvalue weighted by molar-refractivity contribution is 5.50. The smallest absolute Gasteiger partial charge is 0.223 e. The van der Waals surface area contributed by atoms with Crippen molar-refractivity contribution in [3.8, 4) is 0 Å². The van der Waals surface area contributed by atoms with E-state index in [2.05, 4.69) is 25.6 Å². The number of nitrogens with zero attached hydrogens (tertiary/aromatic N) is 3. The fourth-order valence-corrected chi connectivity index (χ4v) is 1.51. The third-order valence-electron chi connectivity index (χ3n) is 2.28. The maximum atomic E-state index is 5.64. The fraction of sp³-hybridized carbons (Fsp3) is 0.250. The van der Waals surface area contributed by atoms with E-state index in [1.807, 2.05) is 31.2 Å². The lowest BCUT2D eigenvalue weighted by atomic mass is 10.3. The molecule has 0 aliphatic carbocycles. The van der Waals surface area contributed by atoms with Crippen molar-refractivity contribution >= 4 is 17.6 Å². The molecule has 0 radical (unpaired) electrons. The molecule has 0 fully saturated rings. The number of nitrogens with two attached hydrogens (primary N) is 1. The Hall–Kier alpha value is -2.37. The number of nitrogens with one attached hydrogen (secondary N) is 2. The normalized spacial score (nSPS) is 10.1. The van der Waals surface area contributed by atoms with E-state index in [4.69, 9.17) is 5.73 Å². The van der Waals surface area contributed by atoms with Gasteiger partial charge in [0.2, 0.25) is 5.95 Å². The summed E-state index contributed by atoms with van der Waals surface area (Å²) in [5, 5.41) is 6.27. The average Bonchev–Trinajstić information content (AvgIpc) is 2.37. The second kappa shape index (κ2) is 5.81. The third-order valence-corrected chi connectivity index (χ3v) is 2.28. The predicted octanol–water partition coefficient (Wildman–Crippen LogP) is 1.50. The van der Waals surface area contributed by atoms with Gasteiger partial charge in [0.05, 0.1) is 12.2 Å². The van der Waals surface area contributed by atoms with E-state index >= 15 is 0 Å². The number of hydrogen-bond acceptors (Lipinski definition) is 6. The van der Waals surface area contributed by atoms with Crippen LogP contribution in [-0.4, -0.2) is 21.5 Å². The van der Waals surface area contributed by atoms with Crippen LogP contribution in [0.2, 0.25) is 0 Å². The molecule has 94 valence electrons. The first-order valence-electron chi connectivity index (χ1n) is 5.80.